The number of H-pyrrole nitrogens is 1. The lowest BCUT2D eigenvalue weighted by Crippen LogP contribution is -2.17. The Morgan fingerprint density at radius 2 is 2.00 bits per heavy atom. The molecular weight excluding hydrogens is 383 g/mol. The minimum absolute atomic E-state index is 0.126. The Morgan fingerprint density at radius 1 is 1.24 bits per heavy atom. The molecule has 0 fully saturated rings. The van der Waals surface area contributed by atoms with E-state index in [0.717, 1.165) is 14.6 Å². The molecule has 106 valence electrons. The summed E-state index contributed by atoms with van der Waals surface area (Å²) in [6.07, 6.45) is -0.126. The molecule has 0 atom stereocenters. The maximum atomic E-state index is 12.2. The highest BCUT2D eigenvalue weighted by Gasteiger charge is 2.13. The number of imidazole rings is 1. The van der Waals surface area contributed by atoms with E-state index in [-0.39, 0.29) is 12.1 Å². The number of aliphatic carboxylic acids is 1. The number of aromatic nitrogens is 2. The fourth-order valence-electron chi connectivity index (χ4n) is 2.36. The molecule has 1 aromatic heterocycles. The minimum Gasteiger partial charge on any atom is -0.481 e. The van der Waals surface area contributed by atoms with Gasteiger partial charge in [0, 0.05) is 3.57 Å². The molecule has 0 spiro atoms. The third-order valence-corrected chi connectivity index (χ3v) is 3.89. The molecule has 3 aromatic rings. The van der Waals surface area contributed by atoms with Crippen molar-refractivity contribution < 1.29 is 9.90 Å². The van der Waals surface area contributed by atoms with Crippen molar-refractivity contribution in [1.29, 1.82) is 0 Å². The van der Waals surface area contributed by atoms with Gasteiger partial charge >= 0.3 is 11.7 Å². The van der Waals surface area contributed by atoms with Gasteiger partial charge in [0.2, 0.25) is 0 Å². The van der Waals surface area contributed by atoms with Crippen LogP contribution in [0.25, 0.3) is 16.7 Å². The number of nitrogens with one attached hydrogen (secondary N) is 1. The number of carboxylic acid groups (broad SMARTS) is 1. The lowest BCUT2D eigenvalue weighted by atomic mass is 10.1. The first-order chi connectivity index (χ1) is 10.1. The molecule has 1 heterocycles. The number of hydrogen-bond donors (Lipinski definition) is 2. The topological polar surface area (TPSA) is 75.1 Å². The Kier molecular flexibility index (Phi) is 3.54. The number of carboxylic acids is 1. The van der Waals surface area contributed by atoms with Gasteiger partial charge in [0.25, 0.3) is 0 Å². The zero-order chi connectivity index (χ0) is 15.0. The van der Waals surface area contributed by atoms with Gasteiger partial charge in [0.1, 0.15) is 0 Å². The van der Waals surface area contributed by atoms with Gasteiger partial charge in [0.05, 0.1) is 23.1 Å². The summed E-state index contributed by atoms with van der Waals surface area (Å²) < 4.78 is 2.53. The second kappa shape index (κ2) is 5.36. The quantitative estimate of drug-likeness (QED) is 0.671. The molecule has 0 aliphatic rings. The first-order valence-electron chi connectivity index (χ1n) is 6.26. The summed E-state index contributed by atoms with van der Waals surface area (Å²) in [6.45, 7) is 0. The highest BCUT2D eigenvalue weighted by Crippen LogP contribution is 2.21. The van der Waals surface area contributed by atoms with Gasteiger partial charge < -0.3 is 10.1 Å². The number of para-hydroxylation sites is 1. The van der Waals surface area contributed by atoms with Crippen molar-refractivity contribution in [3.05, 3.63) is 62.1 Å². The van der Waals surface area contributed by atoms with Gasteiger partial charge in [-0.1, -0.05) is 18.2 Å². The third-order valence-electron chi connectivity index (χ3n) is 3.22. The molecular formula is C15H11IN2O3. The molecule has 2 aromatic carbocycles. The smallest absolute Gasteiger partial charge is 0.331 e. The third kappa shape index (κ3) is 2.58. The van der Waals surface area contributed by atoms with Crippen LogP contribution in [0.4, 0.5) is 0 Å². The van der Waals surface area contributed by atoms with Crippen LogP contribution in [0, 0.1) is 3.57 Å². The second-order valence-corrected chi connectivity index (χ2v) is 5.87. The monoisotopic (exact) mass is 394 g/mol. The fraction of sp³-hybridized carbons (Fsp3) is 0.0667. The number of nitrogens with zero attached hydrogens (tertiary/aromatic N) is 1. The highest BCUT2D eigenvalue weighted by molar-refractivity contribution is 14.1. The van der Waals surface area contributed by atoms with E-state index in [0.29, 0.717) is 11.3 Å². The molecule has 0 radical (unpaired) electrons. The van der Waals surface area contributed by atoms with Crippen LogP contribution >= 0.6 is 22.6 Å². The Hall–Kier alpha value is -2.09. The summed E-state index contributed by atoms with van der Waals surface area (Å²) >= 11 is 2.18. The second-order valence-electron chi connectivity index (χ2n) is 4.63. The van der Waals surface area contributed by atoms with Crippen molar-refractivity contribution in [3.63, 3.8) is 0 Å². The highest BCUT2D eigenvalue weighted by atomic mass is 127. The summed E-state index contributed by atoms with van der Waals surface area (Å²) in [4.78, 5) is 26.0. The molecule has 0 aliphatic heterocycles. The summed E-state index contributed by atoms with van der Waals surface area (Å²) in [6, 6.07) is 12.7. The number of benzene rings is 2. The molecule has 3 rings (SSSR count). The van der Waals surface area contributed by atoms with Gasteiger partial charge in [-0.15, -0.1) is 0 Å². The number of fused-ring (bicyclic) bond motifs is 1. The number of halogens is 1. The van der Waals surface area contributed by atoms with Crippen molar-refractivity contribution >= 4 is 39.6 Å². The standard InChI is InChI=1S/C15H11IN2O3/c16-10-5-6-11-13(8-10)18(15(21)17-11)12-4-2-1-3-9(12)7-14(19)20/h1-6,8H,7H2,(H,17,21)(H,19,20). The normalized spacial score (nSPS) is 10.9. The van der Waals surface area contributed by atoms with Crippen LogP contribution in [0.2, 0.25) is 0 Å². The summed E-state index contributed by atoms with van der Waals surface area (Å²) in [7, 11) is 0. The van der Waals surface area contributed by atoms with Crippen molar-refractivity contribution in [1.82, 2.24) is 9.55 Å². The van der Waals surface area contributed by atoms with Crippen molar-refractivity contribution in [2.24, 2.45) is 0 Å². The van der Waals surface area contributed by atoms with Gasteiger partial charge in [-0.2, -0.15) is 0 Å². The van der Waals surface area contributed by atoms with Crippen LogP contribution in [0.5, 0.6) is 0 Å². The van der Waals surface area contributed by atoms with E-state index in [1.54, 1.807) is 24.3 Å². The zero-order valence-electron chi connectivity index (χ0n) is 10.8. The minimum atomic E-state index is -0.926. The summed E-state index contributed by atoms with van der Waals surface area (Å²) in [5.41, 5.74) is 2.39. The predicted molar refractivity (Wildman–Crippen MR) is 88.0 cm³/mol. The van der Waals surface area contributed by atoms with Crippen LogP contribution < -0.4 is 5.69 Å². The summed E-state index contributed by atoms with van der Waals surface area (Å²) in [5.74, 6) is -0.926. The fourth-order valence-corrected chi connectivity index (χ4v) is 2.83. The Morgan fingerprint density at radius 3 is 2.76 bits per heavy atom. The molecule has 0 amide bonds. The molecule has 5 nitrogen and oxygen atoms in total. The SMILES string of the molecule is O=C(O)Cc1ccccc1-n1c(=O)[nH]c2ccc(I)cc21. The molecule has 0 saturated heterocycles. The molecule has 0 saturated carbocycles. The maximum absolute atomic E-state index is 12.2. The van der Waals surface area contributed by atoms with E-state index in [4.69, 9.17) is 5.11 Å². The molecule has 0 unspecified atom stereocenters. The van der Waals surface area contributed by atoms with Crippen LogP contribution in [0.3, 0.4) is 0 Å². The molecule has 2 N–H and O–H groups in total. The maximum Gasteiger partial charge on any atom is 0.331 e. The van der Waals surface area contributed by atoms with Crippen LogP contribution in [0.15, 0.2) is 47.3 Å². The first-order valence-corrected chi connectivity index (χ1v) is 7.34. The average Bonchev–Trinajstić information content (AvgIpc) is 2.74. The molecule has 6 heteroatoms. The Bertz CT molecular complexity index is 895. The van der Waals surface area contributed by atoms with Crippen molar-refractivity contribution in [3.8, 4) is 5.69 Å². The Labute approximate surface area is 133 Å². The lowest BCUT2D eigenvalue weighted by Gasteiger charge is -2.09. The van der Waals surface area contributed by atoms with Gasteiger partial charge in [-0.05, 0) is 52.4 Å². The van der Waals surface area contributed by atoms with E-state index in [1.165, 1.54) is 4.57 Å². The molecule has 21 heavy (non-hydrogen) atoms. The van der Waals surface area contributed by atoms with E-state index >= 15 is 0 Å². The Balaban J connectivity index is 2.30. The number of carbonyl (C=O) groups is 1. The van der Waals surface area contributed by atoms with Crippen molar-refractivity contribution in [2.45, 2.75) is 6.42 Å². The largest absolute Gasteiger partial charge is 0.481 e. The first kappa shape index (κ1) is 13.9. The van der Waals surface area contributed by atoms with Crippen molar-refractivity contribution in [2.75, 3.05) is 0 Å². The van der Waals surface area contributed by atoms with Gasteiger partial charge in [-0.25, -0.2) is 4.79 Å². The van der Waals surface area contributed by atoms with E-state index < -0.39 is 5.97 Å². The average molecular weight is 394 g/mol. The van der Waals surface area contributed by atoms with Crippen LogP contribution in [-0.4, -0.2) is 20.6 Å². The van der Waals surface area contributed by atoms with E-state index in [2.05, 4.69) is 27.6 Å². The zero-order valence-corrected chi connectivity index (χ0v) is 13.0. The molecule has 0 aliphatic carbocycles. The predicted octanol–water partition coefficient (Wildman–Crippen LogP) is 2.55. The van der Waals surface area contributed by atoms with E-state index in [9.17, 15) is 9.59 Å². The number of aromatic amines is 1. The van der Waals surface area contributed by atoms with Crippen LogP contribution in [0.1, 0.15) is 5.56 Å². The summed E-state index contributed by atoms with van der Waals surface area (Å²) in [5, 5.41) is 9.02. The lowest BCUT2D eigenvalue weighted by molar-refractivity contribution is -0.136. The van der Waals surface area contributed by atoms with Crippen LogP contribution in [-0.2, 0) is 11.2 Å². The van der Waals surface area contributed by atoms with E-state index in [1.807, 2.05) is 18.2 Å². The number of hydrogen-bond acceptors (Lipinski definition) is 2. The number of rotatable bonds is 3. The molecule has 0 bridgehead atoms. The van der Waals surface area contributed by atoms with Gasteiger partial charge in [-0.3, -0.25) is 9.36 Å². The van der Waals surface area contributed by atoms with Gasteiger partial charge in [0.15, 0.2) is 0 Å².